The number of nitrogens with one attached hydrogen (secondary N) is 1. The summed E-state index contributed by atoms with van der Waals surface area (Å²) < 4.78 is 5.90. The maximum absolute atomic E-state index is 13.3. The average Bonchev–Trinajstić information content (AvgIpc) is 3.40. The molecule has 3 N–H and O–H groups in total. The summed E-state index contributed by atoms with van der Waals surface area (Å²) in [6, 6.07) is -0.152. The van der Waals surface area contributed by atoms with Gasteiger partial charge in [-0.05, 0) is 50.2 Å². The summed E-state index contributed by atoms with van der Waals surface area (Å²) in [7, 11) is 0. The van der Waals surface area contributed by atoms with Crippen molar-refractivity contribution in [1.29, 1.82) is 0 Å². The monoisotopic (exact) mass is 534 g/mol. The van der Waals surface area contributed by atoms with Crippen molar-refractivity contribution >= 4 is 35.1 Å². The number of Topliss-reactive ketones (excluding diaryl/α,β-unsaturated/α-hetero) is 1. The molecule has 0 saturated carbocycles. The minimum atomic E-state index is -1.27. The van der Waals surface area contributed by atoms with Gasteiger partial charge in [-0.1, -0.05) is 34.1 Å². The Hall–Kier alpha value is -2.10. The van der Waals surface area contributed by atoms with E-state index in [9.17, 15) is 24.6 Å². The molecule has 3 heterocycles. The van der Waals surface area contributed by atoms with E-state index in [1.165, 1.54) is 11.3 Å². The van der Waals surface area contributed by atoms with E-state index in [-0.39, 0.29) is 36.0 Å². The second-order valence-electron chi connectivity index (χ2n) is 11.5. The molecule has 9 heteroatoms. The molecule has 3 rings (SSSR count). The van der Waals surface area contributed by atoms with Gasteiger partial charge in [0.1, 0.15) is 11.9 Å². The van der Waals surface area contributed by atoms with Crippen LogP contribution in [0, 0.1) is 30.1 Å². The molecule has 1 aromatic rings. The molecule has 2 aliphatic heterocycles. The van der Waals surface area contributed by atoms with Crippen LogP contribution in [0.3, 0.4) is 0 Å². The number of carbonyl (C=O) groups is 3. The van der Waals surface area contributed by atoms with Crippen LogP contribution in [0.25, 0.3) is 6.08 Å². The summed E-state index contributed by atoms with van der Waals surface area (Å²) in [4.78, 5) is 43.1. The molecule has 0 aliphatic carbocycles. The number of amides is 1. The van der Waals surface area contributed by atoms with Crippen molar-refractivity contribution in [3.05, 3.63) is 21.7 Å². The summed E-state index contributed by atoms with van der Waals surface area (Å²) in [6.07, 6.45) is 1.95. The Kier molecular flexibility index (Phi) is 9.69. The fraction of sp³-hybridized carbons (Fsp3) is 0.714. The van der Waals surface area contributed by atoms with Gasteiger partial charge in [0.2, 0.25) is 5.91 Å². The molecule has 0 radical (unpaired) electrons. The first-order valence-electron chi connectivity index (χ1n) is 13.3. The molecule has 2 aliphatic rings. The zero-order chi connectivity index (χ0) is 27.5. The second kappa shape index (κ2) is 12.2. The molecule has 206 valence electrons. The van der Waals surface area contributed by atoms with Crippen LogP contribution in [0.5, 0.6) is 0 Å². The fourth-order valence-electron chi connectivity index (χ4n) is 5.54. The largest absolute Gasteiger partial charge is 0.458 e. The number of ether oxygens (including phenoxy) is 1. The molecular weight excluding hydrogens is 492 g/mol. The Balaban J connectivity index is 1.91. The Morgan fingerprint density at radius 2 is 1.89 bits per heavy atom. The predicted octanol–water partition coefficient (Wildman–Crippen LogP) is 3.82. The number of nitrogens with zero attached hydrogens (tertiary/aromatic N) is 1. The summed E-state index contributed by atoms with van der Waals surface area (Å²) in [5.74, 6) is -1.63. The summed E-state index contributed by atoms with van der Waals surface area (Å²) in [5, 5.41) is 27.7. The third-order valence-electron chi connectivity index (χ3n) is 8.20. The minimum Gasteiger partial charge on any atom is -0.458 e. The first kappa shape index (κ1) is 29.5. The molecule has 2 saturated heterocycles. The average molecular weight is 535 g/mol. The van der Waals surface area contributed by atoms with Gasteiger partial charge in [0.15, 0.2) is 0 Å². The molecule has 8 nitrogen and oxygen atoms in total. The summed E-state index contributed by atoms with van der Waals surface area (Å²) >= 11 is 1.53. The van der Waals surface area contributed by atoms with Crippen LogP contribution in [0.15, 0.2) is 11.0 Å². The Morgan fingerprint density at radius 1 is 1.19 bits per heavy atom. The van der Waals surface area contributed by atoms with E-state index in [1.807, 2.05) is 32.2 Å². The Bertz CT molecular complexity index is 1020. The highest BCUT2D eigenvalue weighted by molar-refractivity contribution is 7.09. The number of aliphatic hydroxyl groups excluding tert-OH is 2. The third-order valence-corrected chi connectivity index (χ3v) is 8.99. The lowest BCUT2D eigenvalue weighted by Gasteiger charge is -2.35. The number of ketones is 1. The zero-order valence-corrected chi connectivity index (χ0v) is 23.6. The van der Waals surface area contributed by atoms with E-state index in [0.29, 0.717) is 12.8 Å². The van der Waals surface area contributed by atoms with Crippen molar-refractivity contribution in [1.82, 2.24) is 10.3 Å². The summed E-state index contributed by atoms with van der Waals surface area (Å²) in [6.45, 7) is 10.6. The number of cyclic esters (lactones) is 1. The predicted molar refractivity (Wildman–Crippen MR) is 143 cm³/mol. The topological polar surface area (TPSA) is 126 Å². The van der Waals surface area contributed by atoms with Crippen molar-refractivity contribution in [2.75, 3.05) is 0 Å². The van der Waals surface area contributed by atoms with E-state index in [4.69, 9.17) is 4.74 Å². The van der Waals surface area contributed by atoms with Crippen LogP contribution in [0.4, 0.5) is 0 Å². The number of hydrogen-bond donors (Lipinski definition) is 3. The molecular formula is C28H42N2O6S. The molecule has 1 amide bonds. The number of thiazole rings is 1. The number of carbonyl (C=O) groups excluding carboxylic acids is 3. The van der Waals surface area contributed by atoms with Crippen LogP contribution in [0.2, 0.25) is 0 Å². The van der Waals surface area contributed by atoms with Gasteiger partial charge < -0.3 is 20.3 Å². The minimum absolute atomic E-state index is 0.0146. The fourth-order valence-corrected chi connectivity index (χ4v) is 6.11. The lowest BCUT2D eigenvalue weighted by atomic mass is 9.73. The molecule has 0 bridgehead atoms. The van der Waals surface area contributed by atoms with Gasteiger partial charge in [-0.3, -0.25) is 14.4 Å². The van der Waals surface area contributed by atoms with E-state index in [2.05, 4.69) is 10.3 Å². The molecule has 0 aromatic carbocycles. The van der Waals surface area contributed by atoms with Gasteiger partial charge >= 0.3 is 5.97 Å². The number of aromatic nitrogens is 1. The first-order valence-corrected chi connectivity index (χ1v) is 14.2. The number of aryl methyl sites for hydroxylation is 1. The smallest absolute Gasteiger partial charge is 0.309 e. The van der Waals surface area contributed by atoms with Crippen LogP contribution in [0.1, 0.15) is 83.8 Å². The lowest BCUT2D eigenvalue weighted by molar-refractivity contribution is -0.154. The van der Waals surface area contributed by atoms with Crippen LogP contribution >= 0.6 is 11.3 Å². The zero-order valence-electron chi connectivity index (χ0n) is 22.8. The van der Waals surface area contributed by atoms with Crippen molar-refractivity contribution in [3.8, 4) is 0 Å². The van der Waals surface area contributed by atoms with Crippen LogP contribution in [-0.4, -0.2) is 57.2 Å². The number of esters is 1. The highest BCUT2D eigenvalue weighted by Gasteiger charge is 2.43. The highest BCUT2D eigenvalue weighted by atomic mass is 32.1. The SMILES string of the molecule is C/C(=C\c1csc(C)n1)[C@@H]1C[C@@H]2NC(=O)CC2CCCC(C)[C@H](O)C(C)C(=O)C(C)(C)C(O)CC(=O)O1. The van der Waals surface area contributed by atoms with Crippen LogP contribution < -0.4 is 5.32 Å². The standard InChI is InChI=1S/C28H42N2O6S/c1-15-8-7-9-19-11-24(32)30-21(19)12-22(16(2)10-20-14-37-18(4)29-20)36-25(33)13-23(31)28(5,6)27(35)17(3)26(15)34/h10,14-15,17,19,21-23,26,31,34H,7-9,11-13H2,1-6H3,(H,30,32)/b16-10+/t15?,17?,19?,21-,22-,23?,26-/m0/s1. The van der Waals surface area contributed by atoms with Gasteiger partial charge in [-0.25, -0.2) is 4.98 Å². The molecule has 37 heavy (non-hydrogen) atoms. The van der Waals surface area contributed by atoms with E-state index >= 15 is 0 Å². The summed E-state index contributed by atoms with van der Waals surface area (Å²) in [5.41, 5.74) is 0.345. The Labute approximate surface area is 223 Å². The maximum Gasteiger partial charge on any atom is 0.309 e. The van der Waals surface area contributed by atoms with Crippen molar-refractivity contribution in [3.63, 3.8) is 0 Å². The third kappa shape index (κ3) is 7.27. The number of hydrogen-bond acceptors (Lipinski definition) is 8. The van der Waals surface area contributed by atoms with Gasteiger partial charge in [0.05, 0.1) is 34.7 Å². The van der Waals surface area contributed by atoms with Gasteiger partial charge in [0.25, 0.3) is 0 Å². The molecule has 7 atom stereocenters. The quantitative estimate of drug-likeness (QED) is 0.493. The Morgan fingerprint density at radius 3 is 2.54 bits per heavy atom. The van der Waals surface area contributed by atoms with Gasteiger partial charge in [0, 0.05) is 30.2 Å². The van der Waals surface area contributed by atoms with E-state index < -0.39 is 35.6 Å². The van der Waals surface area contributed by atoms with Gasteiger partial charge in [-0.2, -0.15) is 0 Å². The number of aliphatic hydroxyl groups is 2. The molecule has 0 spiro atoms. The second-order valence-corrected chi connectivity index (χ2v) is 12.6. The maximum atomic E-state index is 13.3. The molecule has 1 aromatic heterocycles. The van der Waals surface area contributed by atoms with Crippen LogP contribution in [-0.2, 0) is 19.1 Å². The highest BCUT2D eigenvalue weighted by Crippen LogP contribution is 2.34. The van der Waals surface area contributed by atoms with Crippen molar-refractivity contribution in [2.24, 2.45) is 23.2 Å². The van der Waals surface area contributed by atoms with Gasteiger partial charge in [-0.15, -0.1) is 11.3 Å². The first-order chi connectivity index (χ1) is 17.3. The number of fused-ring (bicyclic) bond motifs is 1. The lowest BCUT2D eigenvalue weighted by Crippen LogP contribution is -2.46. The van der Waals surface area contributed by atoms with Crippen molar-refractivity contribution < 1.29 is 29.3 Å². The normalized spacial score (nSPS) is 34.5. The van der Waals surface area contributed by atoms with Crippen molar-refractivity contribution in [2.45, 2.75) is 104 Å². The number of rotatable bonds is 2. The van der Waals surface area contributed by atoms with E-state index in [0.717, 1.165) is 35.5 Å². The molecule has 2 fully saturated rings. The van der Waals surface area contributed by atoms with E-state index in [1.54, 1.807) is 20.8 Å². The molecule has 4 unspecified atom stereocenters.